The average Bonchev–Trinajstić information content (AvgIpc) is 1.64. The highest BCUT2D eigenvalue weighted by molar-refractivity contribution is 6.28. The molecular formula is C3H3ClN3O. The number of nitrogens with zero attached hydrogens (tertiary/aromatic N) is 2. The number of aliphatic imine (C=N–C) groups is 2. The number of nitrogens with one attached hydrogen (secondary N) is 1. The average molecular weight is 133 g/mol. The van der Waals surface area contributed by atoms with Crippen molar-refractivity contribution in [3.63, 3.8) is 0 Å². The minimum atomic E-state index is -0.325. The van der Waals surface area contributed by atoms with Crippen molar-refractivity contribution in [2.24, 2.45) is 9.98 Å². The number of aliphatic hydroxyl groups excluding tert-OH is 1. The van der Waals surface area contributed by atoms with Crippen LogP contribution in [0, 0.1) is 5.62 Å². The van der Waals surface area contributed by atoms with Crippen LogP contribution in [0.2, 0.25) is 0 Å². The van der Waals surface area contributed by atoms with Gasteiger partial charge >= 0.3 is 6.02 Å². The molecule has 2 N–H and O–H groups in total. The Kier molecular flexibility index (Phi) is 1.34. The zero-order valence-corrected chi connectivity index (χ0v) is 4.55. The van der Waals surface area contributed by atoms with Crippen molar-refractivity contribution in [2.45, 2.75) is 0 Å². The maximum Gasteiger partial charge on any atom is 0.314 e. The van der Waals surface area contributed by atoms with Gasteiger partial charge in [0, 0.05) is 0 Å². The Morgan fingerprint density at radius 2 is 2.50 bits per heavy atom. The Hall–Kier alpha value is -0.770. The molecule has 0 aromatic carbocycles. The van der Waals surface area contributed by atoms with Gasteiger partial charge in [0.25, 0.3) is 5.62 Å². The first kappa shape index (κ1) is 5.37. The van der Waals surface area contributed by atoms with Crippen LogP contribution in [0.1, 0.15) is 0 Å². The van der Waals surface area contributed by atoms with Crippen molar-refractivity contribution < 1.29 is 5.11 Å². The Morgan fingerprint density at radius 1 is 1.75 bits per heavy atom. The van der Waals surface area contributed by atoms with Crippen LogP contribution in [0.4, 0.5) is 0 Å². The number of rotatable bonds is 0. The molecule has 0 fully saturated rings. The standard InChI is InChI=1S/C3H3ClN3O/c4-2-5-1-6-3(8)7-2/h1H,(H2,5,6,7,8). The fraction of sp³-hybridized carbons (Fsp3) is 0. The fourth-order valence-electron chi connectivity index (χ4n) is 0.292. The third kappa shape index (κ3) is 1.10. The molecule has 4 nitrogen and oxygen atoms in total. The molecule has 0 spiro atoms. The van der Waals surface area contributed by atoms with Gasteiger partial charge in [-0.15, -0.1) is 0 Å². The summed E-state index contributed by atoms with van der Waals surface area (Å²) >= 11 is 5.28. The first-order valence-corrected chi connectivity index (χ1v) is 2.26. The maximum atomic E-state index is 8.49. The fourth-order valence-corrected chi connectivity index (χ4v) is 0.417. The molecule has 0 aromatic rings. The summed E-state index contributed by atoms with van der Waals surface area (Å²) in [6.07, 6.45) is 1.25. The Bertz CT molecular complexity index is 143. The van der Waals surface area contributed by atoms with E-state index in [9.17, 15) is 0 Å². The Balaban J connectivity index is 2.63. The molecule has 0 saturated heterocycles. The molecule has 0 unspecified atom stereocenters. The van der Waals surface area contributed by atoms with Crippen LogP contribution in [0.15, 0.2) is 9.98 Å². The third-order valence-corrected chi connectivity index (χ3v) is 0.755. The second-order valence-corrected chi connectivity index (χ2v) is 1.46. The van der Waals surface area contributed by atoms with Crippen molar-refractivity contribution in [2.75, 3.05) is 0 Å². The summed E-state index contributed by atoms with van der Waals surface area (Å²) in [5, 5.41) is 10.9. The van der Waals surface area contributed by atoms with Crippen LogP contribution in [0.5, 0.6) is 0 Å². The molecule has 1 rings (SSSR count). The topological polar surface area (TPSA) is 57.0 Å². The summed E-state index contributed by atoms with van der Waals surface area (Å²) in [6, 6.07) is -0.325. The molecule has 0 atom stereocenters. The summed E-state index contributed by atoms with van der Waals surface area (Å²) in [7, 11) is 0. The predicted molar refractivity (Wildman–Crippen MR) is 30.8 cm³/mol. The Labute approximate surface area is 50.9 Å². The summed E-state index contributed by atoms with van der Waals surface area (Å²) in [4.78, 5) is 6.67. The van der Waals surface area contributed by atoms with Gasteiger partial charge in [0.15, 0.2) is 0 Å². The SMILES string of the molecule is OC1=N[C](Cl)NC=N1. The second-order valence-electron chi connectivity index (χ2n) is 1.11. The van der Waals surface area contributed by atoms with Crippen molar-refractivity contribution >= 4 is 24.0 Å². The van der Waals surface area contributed by atoms with Crippen molar-refractivity contribution in [3.8, 4) is 0 Å². The van der Waals surface area contributed by atoms with E-state index in [0.29, 0.717) is 0 Å². The maximum absolute atomic E-state index is 8.49. The van der Waals surface area contributed by atoms with Gasteiger partial charge in [0.05, 0.1) is 6.34 Å². The van der Waals surface area contributed by atoms with Crippen LogP contribution in [-0.4, -0.2) is 17.5 Å². The van der Waals surface area contributed by atoms with Crippen LogP contribution in [0.25, 0.3) is 0 Å². The van der Waals surface area contributed by atoms with Crippen LogP contribution >= 0.6 is 11.6 Å². The molecule has 0 saturated carbocycles. The lowest BCUT2D eigenvalue weighted by Crippen LogP contribution is -2.19. The zero-order valence-electron chi connectivity index (χ0n) is 3.80. The first-order chi connectivity index (χ1) is 3.79. The predicted octanol–water partition coefficient (Wildman–Crippen LogP) is 0.218. The van der Waals surface area contributed by atoms with Crippen molar-refractivity contribution in [3.05, 3.63) is 5.62 Å². The molecule has 1 aliphatic heterocycles. The van der Waals surface area contributed by atoms with E-state index in [0.717, 1.165) is 0 Å². The summed E-state index contributed by atoms with van der Waals surface area (Å²) in [5.41, 5.74) is 0.123. The monoisotopic (exact) mass is 132 g/mol. The number of hydrogen-bond donors (Lipinski definition) is 2. The quantitative estimate of drug-likeness (QED) is 0.463. The van der Waals surface area contributed by atoms with Crippen LogP contribution in [0.3, 0.4) is 0 Å². The van der Waals surface area contributed by atoms with Gasteiger partial charge in [-0.2, -0.15) is 9.98 Å². The molecule has 0 bridgehead atoms. The van der Waals surface area contributed by atoms with E-state index in [1.807, 2.05) is 0 Å². The highest BCUT2D eigenvalue weighted by Crippen LogP contribution is 2.04. The first-order valence-electron chi connectivity index (χ1n) is 1.88. The van der Waals surface area contributed by atoms with Crippen molar-refractivity contribution in [1.82, 2.24) is 5.32 Å². The zero-order chi connectivity index (χ0) is 5.98. The van der Waals surface area contributed by atoms with Gasteiger partial charge < -0.3 is 10.4 Å². The molecule has 1 radical (unpaired) electrons. The largest absolute Gasteiger partial charge is 0.479 e. The number of amidine groups is 1. The molecular weight excluding hydrogens is 130 g/mol. The number of aliphatic hydroxyl groups is 1. The molecule has 43 valence electrons. The minimum Gasteiger partial charge on any atom is -0.479 e. The summed E-state index contributed by atoms with van der Waals surface area (Å²) in [6.45, 7) is 0. The lowest BCUT2D eigenvalue weighted by Gasteiger charge is -2.03. The molecule has 1 aliphatic rings. The van der Waals surface area contributed by atoms with E-state index in [1.54, 1.807) is 0 Å². The molecule has 8 heavy (non-hydrogen) atoms. The smallest absolute Gasteiger partial charge is 0.314 e. The van der Waals surface area contributed by atoms with Gasteiger partial charge in [0.1, 0.15) is 0 Å². The van der Waals surface area contributed by atoms with Gasteiger partial charge in [0.2, 0.25) is 0 Å². The van der Waals surface area contributed by atoms with E-state index in [1.165, 1.54) is 6.34 Å². The minimum absolute atomic E-state index is 0.123. The lowest BCUT2D eigenvalue weighted by molar-refractivity contribution is 0.538. The van der Waals surface area contributed by atoms with Gasteiger partial charge in [-0.3, -0.25) is 0 Å². The van der Waals surface area contributed by atoms with E-state index in [4.69, 9.17) is 16.7 Å². The molecule has 0 aromatic heterocycles. The van der Waals surface area contributed by atoms with E-state index in [2.05, 4.69) is 15.3 Å². The van der Waals surface area contributed by atoms with E-state index < -0.39 is 0 Å². The van der Waals surface area contributed by atoms with E-state index >= 15 is 0 Å². The molecule has 0 amide bonds. The highest BCUT2D eigenvalue weighted by atomic mass is 35.5. The third-order valence-electron chi connectivity index (χ3n) is 0.562. The van der Waals surface area contributed by atoms with E-state index in [-0.39, 0.29) is 11.6 Å². The normalized spacial score (nSPS) is 19.9. The van der Waals surface area contributed by atoms with Crippen LogP contribution in [-0.2, 0) is 0 Å². The summed E-state index contributed by atoms with van der Waals surface area (Å²) < 4.78 is 0. The highest BCUT2D eigenvalue weighted by Gasteiger charge is 2.05. The second kappa shape index (κ2) is 2.00. The van der Waals surface area contributed by atoms with Gasteiger partial charge in [-0.25, -0.2) is 0 Å². The number of halogens is 1. The van der Waals surface area contributed by atoms with Gasteiger partial charge in [-0.05, 0) is 0 Å². The lowest BCUT2D eigenvalue weighted by atomic mass is 10.9. The van der Waals surface area contributed by atoms with Crippen LogP contribution < -0.4 is 5.32 Å². The Morgan fingerprint density at radius 3 is 2.88 bits per heavy atom. The molecule has 1 heterocycles. The van der Waals surface area contributed by atoms with Gasteiger partial charge in [-0.1, -0.05) is 11.6 Å². The number of hydrogen-bond acceptors (Lipinski definition) is 3. The molecule has 5 heteroatoms. The summed E-state index contributed by atoms with van der Waals surface area (Å²) in [5.74, 6) is 0. The molecule has 0 aliphatic carbocycles. The van der Waals surface area contributed by atoms with Crippen molar-refractivity contribution in [1.29, 1.82) is 0 Å².